The van der Waals surface area contributed by atoms with Gasteiger partial charge in [-0.15, -0.1) is 0 Å². The van der Waals surface area contributed by atoms with Crippen LogP contribution in [0.25, 0.3) is 21.8 Å². The van der Waals surface area contributed by atoms with Crippen LogP contribution in [0.2, 0.25) is 0 Å². The number of carbonyl (C=O) groups excluding carboxylic acids is 1. The lowest BCUT2D eigenvalue weighted by Gasteiger charge is -2.37. The minimum atomic E-state index is -0.311. The molecule has 0 radical (unpaired) electrons. The number of nitrogens with two attached hydrogens (primary N) is 1. The van der Waals surface area contributed by atoms with E-state index in [0.29, 0.717) is 112 Å². The van der Waals surface area contributed by atoms with Crippen LogP contribution >= 0.6 is 0 Å². The molecule has 3 heterocycles. The molecule has 7 rings (SSSR count). The number of carbonyl (C=O) groups is 1. The van der Waals surface area contributed by atoms with Crippen molar-refractivity contribution in [3.05, 3.63) is 141 Å². The molecular weight excluding hydrogens is 787 g/mol. The van der Waals surface area contributed by atoms with E-state index in [-0.39, 0.29) is 48.7 Å². The van der Waals surface area contributed by atoms with E-state index < -0.39 is 0 Å². The Morgan fingerprint density at radius 2 is 1.32 bits per heavy atom. The Kier molecular flexibility index (Phi) is 15.6. The maximum absolute atomic E-state index is 14.7. The van der Waals surface area contributed by atoms with Gasteiger partial charge in [0.1, 0.15) is 23.0 Å². The predicted octanol–water partition coefficient (Wildman–Crippen LogP) is 6.75. The number of aromatic nitrogens is 2. The van der Waals surface area contributed by atoms with E-state index in [1.54, 1.807) is 9.13 Å². The third-order valence-corrected chi connectivity index (χ3v) is 11.4. The van der Waals surface area contributed by atoms with Crippen molar-refractivity contribution in [1.82, 2.24) is 19.4 Å². The summed E-state index contributed by atoms with van der Waals surface area (Å²) in [6.07, 6.45) is 2.30. The molecule has 1 aliphatic rings. The standard InChI is InChI=1S/C49H57N5O8/c1-2-59-28-24-54-46-33-42(62-40-12-7-4-8-13-40)17-15-37(46)31-43(49(54)58)44(52-22-18-35(19-23-52)47(50)56)20-27-60-29-25-53-45-32-41(61-39-10-5-3-6-11-39)16-14-36(45)30-38(48(53)57)34-51-21-9-26-55/h3-8,10-17,30-33,35,44,51,55H,2,9,18-29,34H2,1H3,(H2,50,56). The van der Waals surface area contributed by atoms with Crippen molar-refractivity contribution in [1.29, 1.82) is 0 Å². The number of aliphatic hydroxyl groups excluding tert-OH is 1. The summed E-state index contributed by atoms with van der Waals surface area (Å²) >= 11 is 0. The number of aliphatic hydroxyl groups is 1. The molecule has 1 saturated heterocycles. The zero-order valence-corrected chi connectivity index (χ0v) is 35.4. The number of amides is 1. The number of hydrogen-bond acceptors (Lipinski definition) is 10. The van der Waals surface area contributed by atoms with Crippen molar-refractivity contribution in [3.8, 4) is 23.0 Å². The van der Waals surface area contributed by atoms with Gasteiger partial charge in [-0.2, -0.15) is 0 Å². The Hall–Kier alpha value is -5.83. The highest BCUT2D eigenvalue weighted by Gasteiger charge is 2.30. The van der Waals surface area contributed by atoms with Gasteiger partial charge in [-0.05, 0) is 124 Å². The van der Waals surface area contributed by atoms with E-state index >= 15 is 0 Å². The summed E-state index contributed by atoms with van der Waals surface area (Å²) < 4.78 is 27.9. The second-order valence-electron chi connectivity index (χ2n) is 15.5. The summed E-state index contributed by atoms with van der Waals surface area (Å²) in [5, 5.41) is 14.3. The number of rotatable bonds is 22. The molecule has 326 valence electrons. The van der Waals surface area contributed by atoms with Crippen molar-refractivity contribution in [2.45, 2.75) is 58.3 Å². The van der Waals surface area contributed by atoms with E-state index in [0.717, 1.165) is 21.8 Å². The van der Waals surface area contributed by atoms with Gasteiger partial charge in [0.05, 0.1) is 24.2 Å². The molecule has 0 saturated carbocycles. The number of nitrogens with one attached hydrogen (secondary N) is 1. The second kappa shape index (κ2) is 21.8. The van der Waals surface area contributed by atoms with Crippen molar-refractivity contribution >= 4 is 27.7 Å². The lowest BCUT2D eigenvalue weighted by Crippen LogP contribution is -2.42. The van der Waals surface area contributed by atoms with Gasteiger partial charge < -0.3 is 44.2 Å². The summed E-state index contributed by atoms with van der Waals surface area (Å²) in [5.41, 5.74) is 8.19. The maximum atomic E-state index is 14.7. The minimum Gasteiger partial charge on any atom is -0.457 e. The van der Waals surface area contributed by atoms with Gasteiger partial charge >= 0.3 is 0 Å². The molecule has 4 aromatic carbocycles. The molecule has 0 aliphatic carbocycles. The van der Waals surface area contributed by atoms with Gasteiger partial charge in [0.2, 0.25) is 5.91 Å². The van der Waals surface area contributed by atoms with Crippen LogP contribution in [-0.4, -0.2) is 77.7 Å². The Bertz CT molecular complexity index is 2520. The highest BCUT2D eigenvalue weighted by Crippen LogP contribution is 2.32. The molecule has 13 nitrogen and oxygen atoms in total. The number of nitrogens with zero attached hydrogens (tertiary/aromatic N) is 3. The predicted molar refractivity (Wildman–Crippen MR) is 241 cm³/mol. The lowest BCUT2D eigenvalue weighted by atomic mass is 9.92. The van der Waals surface area contributed by atoms with E-state index in [4.69, 9.17) is 24.7 Å². The number of fused-ring (bicyclic) bond motifs is 2. The molecule has 1 amide bonds. The molecular formula is C49H57N5O8. The van der Waals surface area contributed by atoms with Gasteiger partial charge in [0.25, 0.3) is 11.1 Å². The van der Waals surface area contributed by atoms with Crippen LogP contribution in [0.4, 0.5) is 0 Å². The third kappa shape index (κ3) is 11.2. The van der Waals surface area contributed by atoms with Crippen LogP contribution in [0.5, 0.6) is 23.0 Å². The zero-order valence-electron chi connectivity index (χ0n) is 35.4. The number of piperidine rings is 1. The van der Waals surface area contributed by atoms with Crippen LogP contribution in [-0.2, 0) is 33.9 Å². The molecule has 1 fully saturated rings. The van der Waals surface area contributed by atoms with Gasteiger partial charge in [-0.3, -0.25) is 19.3 Å². The van der Waals surface area contributed by atoms with Crippen LogP contribution in [0, 0.1) is 5.92 Å². The first-order valence-corrected chi connectivity index (χ1v) is 21.6. The fraction of sp³-hybridized carbons (Fsp3) is 0.367. The van der Waals surface area contributed by atoms with E-state index in [1.165, 1.54) is 0 Å². The van der Waals surface area contributed by atoms with Crippen LogP contribution in [0.3, 0.4) is 0 Å². The van der Waals surface area contributed by atoms with Gasteiger partial charge in [0, 0.05) is 74.7 Å². The summed E-state index contributed by atoms with van der Waals surface area (Å²) in [6, 6.07) is 34.1. The van der Waals surface area contributed by atoms with Gasteiger partial charge in [-0.25, -0.2) is 0 Å². The van der Waals surface area contributed by atoms with Gasteiger partial charge in [0.15, 0.2) is 0 Å². The molecule has 62 heavy (non-hydrogen) atoms. The van der Waals surface area contributed by atoms with E-state index in [9.17, 15) is 19.5 Å². The van der Waals surface area contributed by atoms with Gasteiger partial charge in [-0.1, -0.05) is 36.4 Å². The lowest BCUT2D eigenvalue weighted by molar-refractivity contribution is -0.123. The Morgan fingerprint density at radius 1 is 0.742 bits per heavy atom. The van der Waals surface area contributed by atoms with E-state index in [1.807, 2.05) is 116 Å². The molecule has 0 spiro atoms. The van der Waals surface area contributed by atoms with Crippen LogP contribution in [0.15, 0.2) is 119 Å². The first-order chi connectivity index (χ1) is 30.3. The summed E-state index contributed by atoms with van der Waals surface area (Å²) in [7, 11) is 0. The fourth-order valence-electron chi connectivity index (χ4n) is 8.18. The summed E-state index contributed by atoms with van der Waals surface area (Å²) in [4.78, 5) is 43.1. The highest BCUT2D eigenvalue weighted by molar-refractivity contribution is 5.82. The smallest absolute Gasteiger partial charge is 0.255 e. The Balaban J connectivity index is 1.14. The molecule has 1 aliphatic heterocycles. The first-order valence-electron chi connectivity index (χ1n) is 21.6. The summed E-state index contributed by atoms with van der Waals surface area (Å²) in [6.45, 7) is 6.26. The quantitative estimate of drug-likeness (QED) is 0.0624. The average molecular weight is 844 g/mol. The maximum Gasteiger partial charge on any atom is 0.255 e. The Labute approximate surface area is 361 Å². The largest absolute Gasteiger partial charge is 0.457 e. The molecule has 13 heteroatoms. The number of primary amides is 1. The van der Waals surface area contributed by atoms with Crippen LogP contribution < -0.4 is 31.6 Å². The molecule has 0 bridgehead atoms. The molecule has 1 atom stereocenters. The third-order valence-electron chi connectivity index (χ3n) is 11.4. The SMILES string of the molecule is CCOCCn1c(=O)c(C(CCOCCn2c(=O)c(CNCCCO)cc3ccc(Oc4ccccc4)cc32)N2CCC(C(N)=O)CC2)cc2ccc(Oc3ccccc3)cc21. The first kappa shape index (κ1) is 44.2. The number of likely N-dealkylation sites (tertiary alicyclic amines) is 1. The average Bonchev–Trinajstić information content (AvgIpc) is 3.29. The number of benzene rings is 4. The van der Waals surface area contributed by atoms with Crippen molar-refractivity contribution in [3.63, 3.8) is 0 Å². The summed E-state index contributed by atoms with van der Waals surface area (Å²) in [5.74, 6) is 2.11. The number of hydrogen-bond donors (Lipinski definition) is 3. The normalized spacial score (nSPS) is 14.0. The number of para-hydroxylation sites is 2. The minimum absolute atomic E-state index is 0.0688. The highest BCUT2D eigenvalue weighted by atomic mass is 16.5. The monoisotopic (exact) mass is 843 g/mol. The van der Waals surface area contributed by atoms with Crippen molar-refractivity contribution < 1.29 is 28.8 Å². The fourth-order valence-corrected chi connectivity index (χ4v) is 8.18. The number of pyridine rings is 2. The Morgan fingerprint density at radius 3 is 1.90 bits per heavy atom. The molecule has 1 unspecified atom stereocenters. The van der Waals surface area contributed by atoms with E-state index in [2.05, 4.69) is 10.2 Å². The molecule has 6 aromatic rings. The van der Waals surface area contributed by atoms with Crippen molar-refractivity contribution in [2.24, 2.45) is 11.7 Å². The number of ether oxygens (including phenoxy) is 4. The topological polar surface area (TPSA) is 160 Å². The van der Waals surface area contributed by atoms with Crippen molar-refractivity contribution in [2.75, 3.05) is 52.7 Å². The zero-order chi connectivity index (χ0) is 43.3. The molecule has 2 aromatic heterocycles. The second-order valence-corrected chi connectivity index (χ2v) is 15.5. The van der Waals surface area contributed by atoms with Crippen LogP contribution in [0.1, 0.15) is 49.8 Å². The molecule has 4 N–H and O–H groups in total.